The first-order chi connectivity index (χ1) is 14.7. The van der Waals surface area contributed by atoms with Crippen LogP contribution in [0, 0.1) is 19.7 Å². The number of carbonyl (C=O) groups excluding carboxylic acids is 1. The van der Waals surface area contributed by atoms with Crippen LogP contribution < -0.4 is 0 Å². The summed E-state index contributed by atoms with van der Waals surface area (Å²) < 4.78 is 17.6. The van der Waals surface area contributed by atoms with Gasteiger partial charge in [-0.1, -0.05) is 18.7 Å². The summed E-state index contributed by atoms with van der Waals surface area (Å²) in [5, 5.41) is 9.36. The van der Waals surface area contributed by atoms with E-state index in [4.69, 9.17) is 0 Å². The quantitative estimate of drug-likeness (QED) is 0.350. The minimum absolute atomic E-state index is 0.00410. The molecule has 3 rings (SSSR count). The molecule has 0 aliphatic rings. The number of aryl methyl sites for hydroxylation is 1. The predicted molar refractivity (Wildman–Crippen MR) is 123 cm³/mol. The monoisotopic (exact) mass is 443 g/mol. The van der Waals surface area contributed by atoms with Crippen molar-refractivity contribution in [3.05, 3.63) is 58.9 Å². The molecule has 0 amide bonds. The zero-order valence-corrected chi connectivity index (χ0v) is 19.8. The van der Waals surface area contributed by atoms with Crippen molar-refractivity contribution in [1.82, 2.24) is 24.2 Å². The summed E-state index contributed by atoms with van der Waals surface area (Å²) in [6.07, 6.45) is 1.02. The van der Waals surface area contributed by atoms with Gasteiger partial charge >= 0.3 is 0 Å². The van der Waals surface area contributed by atoms with Crippen molar-refractivity contribution in [3.63, 3.8) is 0 Å². The molecular weight excluding hydrogens is 413 g/mol. The van der Waals surface area contributed by atoms with Gasteiger partial charge in [0.1, 0.15) is 5.82 Å². The maximum absolute atomic E-state index is 13.5. The van der Waals surface area contributed by atoms with Crippen molar-refractivity contribution in [2.75, 3.05) is 19.8 Å². The zero-order valence-electron chi connectivity index (χ0n) is 19.0. The molecule has 1 atom stereocenters. The second kappa shape index (κ2) is 9.78. The SMILES string of the molecule is CCCn1c(C)cc(C(=O)CSc2nnc([C@H](C)N(C)C)n2-c2ccc(F)cc2)c1C. The first-order valence-electron chi connectivity index (χ1n) is 10.4. The summed E-state index contributed by atoms with van der Waals surface area (Å²) >= 11 is 1.35. The third-order valence-corrected chi connectivity index (χ3v) is 6.47. The van der Waals surface area contributed by atoms with E-state index in [1.165, 1.54) is 23.9 Å². The van der Waals surface area contributed by atoms with Crippen LogP contribution in [0.25, 0.3) is 5.69 Å². The van der Waals surface area contributed by atoms with Gasteiger partial charge in [0.25, 0.3) is 0 Å². The van der Waals surface area contributed by atoms with Crippen LogP contribution in [0.15, 0.2) is 35.5 Å². The van der Waals surface area contributed by atoms with E-state index in [0.717, 1.165) is 41.4 Å². The standard InChI is InChI=1S/C23H30FN5OS/c1-7-12-28-15(2)13-20(16(28)3)21(30)14-31-23-26-25-22(17(4)27(5)6)29(23)19-10-8-18(24)9-11-19/h8-11,13,17H,7,12,14H2,1-6H3/t17-/m0/s1. The van der Waals surface area contributed by atoms with E-state index in [-0.39, 0.29) is 23.4 Å². The Balaban J connectivity index is 1.89. The van der Waals surface area contributed by atoms with E-state index in [1.54, 1.807) is 12.1 Å². The third-order valence-electron chi connectivity index (χ3n) is 5.55. The van der Waals surface area contributed by atoms with E-state index in [2.05, 4.69) is 21.7 Å². The van der Waals surface area contributed by atoms with Crippen LogP contribution in [-0.4, -0.2) is 49.9 Å². The van der Waals surface area contributed by atoms with Crippen molar-refractivity contribution < 1.29 is 9.18 Å². The van der Waals surface area contributed by atoms with Gasteiger partial charge in [-0.2, -0.15) is 0 Å². The number of hydrogen-bond acceptors (Lipinski definition) is 5. The lowest BCUT2D eigenvalue weighted by molar-refractivity contribution is 0.102. The van der Waals surface area contributed by atoms with Crippen LogP contribution in [0.1, 0.15) is 53.9 Å². The Hall–Kier alpha value is -2.45. The van der Waals surface area contributed by atoms with Crippen LogP contribution in [0.4, 0.5) is 4.39 Å². The van der Waals surface area contributed by atoms with E-state index in [0.29, 0.717) is 5.16 Å². The molecule has 166 valence electrons. The fourth-order valence-corrected chi connectivity index (χ4v) is 4.41. The number of carbonyl (C=O) groups is 1. The van der Waals surface area contributed by atoms with E-state index in [9.17, 15) is 9.18 Å². The molecule has 0 N–H and O–H groups in total. The van der Waals surface area contributed by atoms with Crippen molar-refractivity contribution in [2.45, 2.75) is 51.9 Å². The largest absolute Gasteiger partial charge is 0.348 e. The molecule has 2 aromatic heterocycles. The summed E-state index contributed by atoms with van der Waals surface area (Å²) in [5.41, 5.74) is 3.63. The van der Waals surface area contributed by atoms with Crippen molar-refractivity contribution in [2.24, 2.45) is 0 Å². The molecule has 0 saturated carbocycles. The molecule has 0 bridgehead atoms. The van der Waals surface area contributed by atoms with Gasteiger partial charge < -0.3 is 4.57 Å². The second-order valence-electron chi connectivity index (χ2n) is 7.94. The number of thioether (sulfide) groups is 1. The van der Waals surface area contributed by atoms with Crippen LogP contribution in [-0.2, 0) is 6.54 Å². The second-order valence-corrected chi connectivity index (χ2v) is 8.88. The van der Waals surface area contributed by atoms with Crippen LogP contribution in [0.3, 0.4) is 0 Å². The Labute approximate surface area is 187 Å². The number of ketones is 1. The van der Waals surface area contributed by atoms with Gasteiger partial charge in [0.05, 0.1) is 11.8 Å². The number of nitrogens with zero attached hydrogens (tertiary/aromatic N) is 5. The maximum Gasteiger partial charge on any atom is 0.196 e. The fourth-order valence-electron chi connectivity index (χ4n) is 3.57. The molecule has 2 heterocycles. The number of benzene rings is 1. The Kier molecular flexibility index (Phi) is 7.33. The molecule has 1 aromatic carbocycles. The molecule has 0 unspecified atom stereocenters. The number of hydrogen-bond donors (Lipinski definition) is 0. The van der Waals surface area contributed by atoms with E-state index in [1.807, 2.05) is 50.4 Å². The number of Topliss-reactive ketones (excluding diaryl/α,β-unsaturated/α-hetero) is 1. The molecule has 8 heteroatoms. The first kappa shape index (κ1) is 23.2. The molecule has 0 fully saturated rings. The summed E-state index contributed by atoms with van der Waals surface area (Å²) in [7, 11) is 3.94. The van der Waals surface area contributed by atoms with E-state index < -0.39 is 0 Å². The maximum atomic E-state index is 13.5. The molecule has 0 radical (unpaired) electrons. The highest BCUT2D eigenvalue weighted by atomic mass is 32.2. The Morgan fingerprint density at radius 1 is 1.19 bits per heavy atom. The summed E-state index contributed by atoms with van der Waals surface area (Å²) in [5.74, 6) is 0.765. The molecule has 0 aliphatic heterocycles. The third kappa shape index (κ3) is 4.91. The Morgan fingerprint density at radius 2 is 1.87 bits per heavy atom. The van der Waals surface area contributed by atoms with Crippen molar-refractivity contribution in [3.8, 4) is 5.69 Å². The van der Waals surface area contributed by atoms with Gasteiger partial charge in [-0.15, -0.1) is 10.2 Å². The van der Waals surface area contributed by atoms with Crippen LogP contribution in [0.5, 0.6) is 0 Å². The molecule has 6 nitrogen and oxygen atoms in total. The minimum atomic E-state index is -0.300. The van der Waals surface area contributed by atoms with E-state index >= 15 is 0 Å². The van der Waals surface area contributed by atoms with Gasteiger partial charge in [-0.05, 0) is 71.6 Å². The average molecular weight is 444 g/mol. The molecule has 0 saturated heterocycles. The van der Waals surface area contributed by atoms with Crippen LogP contribution >= 0.6 is 11.8 Å². The van der Waals surface area contributed by atoms with Crippen molar-refractivity contribution in [1.29, 1.82) is 0 Å². The highest BCUT2D eigenvalue weighted by Crippen LogP contribution is 2.28. The highest BCUT2D eigenvalue weighted by Gasteiger charge is 2.22. The lowest BCUT2D eigenvalue weighted by Gasteiger charge is -2.20. The lowest BCUT2D eigenvalue weighted by atomic mass is 10.2. The summed E-state index contributed by atoms with van der Waals surface area (Å²) in [4.78, 5) is 15.0. The number of aromatic nitrogens is 4. The Bertz CT molecular complexity index is 1050. The molecule has 0 aliphatic carbocycles. The molecule has 31 heavy (non-hydrogen) atoms. The van der Waals surface area contributed by atoms with Gasteiger partial charge in [-0.25, -0.2) is 4.39 Å². The number of halogens is 1. The van der Waals surface area contributed by atoms with Gasteiger partial charge in [-0.3, -0.25) is 14.3 Å². The highest BCUT2D eigenvalue weighted by molar-refractivity contribution is 7.99. The van der Waals surface area contributed by atoms with Gasteiger partial charge in [0.15, 0.2) is 16.8 Å². The first-order valence-corrected chi connectivity index (χ1v) is 11.4. The topological polar surface area (TPSA) is 56.0 Å². The molecule has 3 aromatic rings. The van der Waals surface area contributed by atoms with Crippen molar-refractivity contribution >= 4 is 17.5 Å². The fraction of sp³-hybridized carbons (Fsp3) is 0.435. The molecule has 0 spiro atoms. The molecular formula is C23H30FN5OS. The zero-order chi connectivity index (χ0) is 22.7. The minimum Gasteiger partial charge on any atom is -0.348 e. The summed E-state index contributed by atoms with van der Waals surface area (Å²) in [6.45, 7) is 9.10. The smallest absolute Gasteiger partial charge is 0.196 e. The average Bonchev–Trinajstić information content (AvgIpc) is 3.28. The number of rotatable bonds is 9. The van der Waals surface area contributed by atoms with Crippen LogP contribution in [0.2, 0.25) is 0 Å². The predicted octanol–water partition coefficient (Wildman–Crippen LogP) is 4.83. The Morgan fingerprint density at radius 3 is 2.48 bits per heavy atom. The van der Waals surface area contributed by atoms with Gasteiger partial charge in [0.2, 0.25) is 0 Å². The summed E-state index contributed by atoms with van der Waals surface area (Å²) in [6, 6.07) is 8.21. The normalized spacial score (nSPS) is 12.5. The van der Waals surface area contributed by atoms with Gasteiger partial charge in [0, 0.05) is 29.2 Å². The lowest BCUT2D eigenvalue weighted by Crippen LogP contribution is -2.20.